The summed E-state index contributed by atoms with van der Waals surface area (Å²) in [5, 5.41) is 4.30. The van der Waals surface area contributed by atoms with Gasteiger partial charge in [0.1, 0.15) is 0 Å². The van der Waals surface area contributed by atoms with Crippen molar-refractivity contribution in [2.45, 2.75) is 52.6 Å². The molecule has 0 aromatic carbocycles. The zero-order chi connectivity index (χ0) is 11.3. The van der Waals surface area contributed by atoms with Crippen LogP contribution in [0.5, 0.6) is 0 Å². The first-order valence-electron chi connectivity index (χ1n) is 5.89. The average molecular weight is 209 g/mol. The summed E-state index contributed by atoms with van der Waals surface area (Å²) in [6.07, 6.45) is 5.01. The third-order valence-corrected chi connectivity index (χ3v) is 2.49. The Morgan fingerprint density at radius 1 is 1.47 bits per heavy atom. The van der Waals surface area contributed by atoms with E-state index in [0.29, 0.717) is 5.92 Å². The lowest BCUT2D eigenvalue weighted by Crippen LogP contribution is -2.26. The second kappa shape index (κ2) is 5.91. The highest BCUT2D eigenvalue weighted by Crippen LogP contribution is 2.09. The van der Waals surface area contributed by atoms with Crippen molar-refractivity contribution in [2.24, 2.45) is 11.7 Å². The van der Waals surface area contributed by atoms with Crippen molar-refractivity contribution in [1.82, 2.24) is 9.78 Å². The second-order valence-electron chi connectivity index (χ2n) is 4.64. The summed E-state index contributed by atoms with van der Waals surface area (Å²) < 4.78 is 2.07. The zero-order valence-electron chi connectivity index (χ0n) is 10.1. The van der Waals surface area contributed by atoms with E-state index >= 15 is 0 Å². The molecule has 15 heavy (non-hydrogen) atoms. The van der Waals surface area contributed by atoms with Crippen LogP contribution in [-0.4, -0.2) is 15.8 Å². The Morgan fingerprint density at radius 3 is 2.80 bits per heavy atom. The summed E-state index contributed by atoms with van der Waals surface area (Å²) in [6, 6.07) is 2.34. The smallest absolute Gasteiger partial charge is 0.0492 e. The minimum absolute atomic E-state index is 0.261. The van der Waals surface area contributed by atoms with E-state index in [1.807, 2.05) is 6.20 Å². The molecule has 0 amide bonds. The number of rotatable bonds is 6. The summed E-state index contributed by atoms with van der Waals surface area (Å²) in [7, 11) is 0. The highest BCUT2D eigenvalue weighted by atomic mass is 15.3. The first-order chi connectivity index (χ1) is 7.13. The molecule has 1 rings (SSSR count). The van der Waals surface area contributed by atoms with Gasteiger partial charge in [-0.3, -0.25) is 4.68 Å². The summed E-state index contributed by atoms with van der Waals surface area (Å²) >= 11 is 0. The van der Waals surface area contributed by atoms with Crippen molar-refractivity contribution >= 4 is 0 Å². The van der Waals surface area contributed by atoms with Gasteiger partial charge in [-0.25, -0.2) is 0 Å². The first kappa shape index (κ1) is 12.2. The van der Waals surface area contributed by atoms with Crippen molar-refractivity contribution in [3.63, 3.8) is 0 Å². The van der Waals surface area contributed by atoms with E-state index in [4.69, 9.17) is 5.73 Å². The SMILES string of the molecule is CCCn1nccc1CC(N)CC(C)C. The van der Waals surface area contributed by atoms with Crippen LogP contribution >= 0.6 is 0 Å². The molecule has 1 aromatic heterocycles. The summed E-state index contributed by atoms with van der Waals surface area (Å²) in [4.78, 5) is 0. The van der Waals surface area contributed by atoms with Gasteiger partial charge >= 0.3 is 0 Å². The number of aryl methyl sites for hydroxylation is 1. The Morgan fingerprint density at radius 2 is 2.20 bits per heavy atom. The van der Waals surface area contributed by atoms with Crippen LogP contribution in [0.3, 0.4) is 0 Å². The van der Waals surface area contributed by atoms with Crippen LogP contribution in [0, 0.1) is 5.92 Å². The Hall–Kier alpha value is -0.830. The average Bonchev–Trinajstić information content (AvgIpc) is 2.52. The standard InChI is InChI=1S/C12H23N3/c1-4-7-15-12(5-6-14-15)9-11(13)8-10(2)3/h5-6,10-11H,4,7-9,13H2,1-3H3. The minimum Gasteiger partial charge on any atom is -0.327 e. The molecule has 0 aliphatic heterocycles. The molecule has 1 atom stereocenters. The normalized spacial score (nSPS) is 13.4. The zero-order valence-corrected chi connectivity index (χ0v) is 10.1. The maximum atomic E-state index is 6.09. The van der Waals surface area contributed by atoms with Gasteiger partial charge in [-0.1, -0.05) is 20.8 Å². The molecule has 0 saturated heterocycles. The Kier molecular flexibility index (Phi) is 4.82. The molecule has 1 heterocycles. The van der Waals surface area contributed by atoms with Gasteiger partial charge in [0, 0.05) is 30.9 Å². The number of hydrogen-bond acceptors (Lipinski definition) is 2. The number of nitrogens with two attached hydrogens (primary N) is 1. The molecule has 3 heteroatoms. The molecule has 1 aromatic rings. The van der Waals surface area contributed by atoms with E-state index in [2.05, 4.69) is 36.6 Å². The van der Waals surface area contributed by atoms with Gasteiger partial charge in [-0.05, 0) is 24.8 Å². The van der Waals surface area contributed by atoms with Gasteiger partial charge in [-0.2, -0.15) is 5.10 Å². The number of nitrogens with zero attached hydrogens (tertiary/aromatic N) is 2. The van der Waals surface area contributed by atoms with E-state index in [9.17, 15) is 0 Å². The van der Waals surface area contributed by atoms with Gasteiger partial charge in [0.05, 0.1) is 0 Å². The van der Waals surface area contributed by atoms with Gasteiger partial charge in [0.15, 0.2) is 0 Å². The van der Waals surface area contributed by atoms with Crippen molar-refractivity contribution in [2.75, 3.05) is 0 Å². The van der Waals surface area contributed by atoms with Gasteiger partial charge < -0.3 is 5.73 Å². The fraction of sp³-hybridized carbons (Fsp3) is 0.750. The molecule has 0 aliphatic carbocycles. The molecule has 0 aliphatic rings. The number of hydrogen-bond donors (Lipinski definition) is 1. The topological polar surface area (TPSA) is 43.8 Å². The summed E-state index contributed by atoms with van der Waals surface area (Å²) in [6.45, 7) is 7.59. The molecule has 3 nitrogen and oxygen atoms in total. The molecule has 0 spiro atoms. The Balaban J connectivity index is 2.51. The molecule has 0 bridgehead atoms. The fourth-order valence-electron chi connectivity index (χ4n) is 1.90. The van der Waals surface area contributed by atoms with E-state index < -0.39 is 0 Å². The van der Waals surface area contributed by atoms with Gasteiger partial charge in [-0.15, -0.1) is 0 Å². The first-order valence-corrected chi connectivity index (χ1v) is 5.89. The van der Waals surface area contributed by atoms with Crippen molar-refractivity contribution in [3.05, 3.63) is 18.0 Å². The third kappa shape index (κ3) is 4.04. The van der Waals surface area contributed by atoms with E-state index in [1.165, 1.54) is 5.69 Å². The molecular formula is C12H23N3. The second-order valence-corrected chi connectivity index (χ2v) is 4.64. The summed E-state index contributed by atoms with van der Waals surface area (Å²) in [5.74, 6) is 0.669. The van der Waals surface area contributed by atoms with E-state index in [-0.39, 0.29) is 6.04 Å². The lowest BCUT2D eigenvalue weighted by molar-refractivity contribution is 0.474. The Bertz CT molecular complexity index is 278. The highest BCUT2D eigenvalue weighted by molar-refractivity contribution is 5.02. The highest BCUT2D eigenvalue weighted by Gasteiger charge is 2.09. The van der Waals surface area contributed by atoms with E-state index in [1.54, 1.807) is 0 Å². The van der Waals surface area contributed by atoms with Crippen molar-refractivity contribution in [1.29, 1.82) is 0 Å². The van der Waals surface area contributed by atoms with Crippen LogP contribution in [0.25, 0.3) is 0 Å². The minimum atomic E-state index is 0.261. The molecule has 86 valence electrons. The lowest BCUT2D eigenvalue weighted by Gasteiger charge is -2.14. The van der Waals surface area contributed by atoms with Crippen molar-refractivity contribution < 1.29 is 0 Å². The Labute approximate surface area is 92.7 Å². The maximum Gasteiger partial charge on any atom is 0.0492 e. The maximum absolute atomic E-state index is 6.09. The van der Waals surface area contributed by atoms with Crippen LogP contribution in [0.1, 0.15) is 39.3 Å². The molecule has 0 fully saturated rings. The molecule has 1 unspecified atom stereocenters. The number of aromatic nitrogens is 2. The van der Waals surface area contributed by atoms with E-state index in [0.717, 1.165) is 25.8 Å². The molecular weight excluding hydrogens is 186 g/mol. The quantitative estimate of drug-likeness (QED) is 0.780. The van der Waals surface area contributed by atoms with Gasteiger partial charge in [0.2, 0.25) is 0 Å². The molecule has 0 saturated carbocycles. The molecule has 0 radical (unpaired) electrons. The van der Waals surface area contributed by atoms with Crippen LogP contribution < -0.4 is 5.73 Å². The van der Waals surface area contributed by atoms with Crippen LogP contribution in [0.15, 0.2) is 12.3 Å². The predicted octanol–water partition coefficient (Wildman–Crippen LogP) is 2.21. The lowest BCUT2D eigenvalue weighted by atomic mass is 10.0. The summed E-state index contributed by atoms with van der Waals surface area (Å²) in [5.41, 5.74) is 7.36. The van der Waals surface area contributed by atoms with Gasteiger partial charge in [0.25, 0.3) is 0 Å². The molecule has 2 N–H and O–H groups in total. The largest absolute Gasteiger partial charge is 0.327 e. The fourth-order valence-corrected chi connectivity index (χ4v) is 1.90. The van der Waals surface area contributed by atoms with Crippen LogP contribution in [0.4, 0.5) is 0 Å². The third-order valence-electron chi connectivity index (χ3n) is 2.49. The van der Waals surface area contributed by atoms with Crippen LogP contribution in [0.2, 0.25) is 0 Å². The monoisotopic (exact) mass is 209 g/mol. The van der Waals surface area contributed by atoms with Crippen LogP contribution in [-0.2, 0) is 13.0 Å². The van der Waals surface area contributed by atoms with Crippen molar-refractivity contribution in [3.8, 4) is 0 Å². The predicted molar refractivity (Wildman–Crippen MR) is 63.7 cm³/mol.